The molecule has 3 aromatic heterocycles. The summed E-state index contributed by atoms with van der Waals surface area (Å²) in [4.78, 5) is 21.6. The number of anilines is 1. The van der Waals surface area contributed by atoms with Crippen LogP contribution in [-0.4, -0.2) is 61.3 Å². The van der Waals surface area contributed by atoms with Crippen LogP contribution in [0.4, 0.5) is 14.5 Å². The van der Waals surface area contributed by atoms with Crippen LogP contribution in [0.1, 0.15) is 55.5 Å². The average molecular weight is 484 g/mol. The molecule has 1 aliphatic carbocycles. The highest BCUT2D eigenvalue weighted by Crippen LogP contribution is 2.27. The first-order valence-corrected chi connectivity index (χ1v) is 11.4. The van der Waals surface area contributed by atoms with Gasteiger partial charge in [-0.25, -0.2) is 18.7 Å². The van der Waals surface area contributed by atoms with E-state index in [2.05, 4.69) is 25.7 Å². The highest BCUT2D eigenvalue weighted by atomic mass is 19.1. The molecule has 184 valence electrons. The maximum Gasteiger partial charge on any atom is 0.255 e. The van der Waals surface area contributed by atoms with Crippen LogP contribution in [0, 0.1) is 11.3 Å². The molecule has 0 spiro atoms. The van der Waals surface area contributed by atoms with Crippen molar-refractivity contribution in [2.75, 3.05) is 11.9 Å². The molecule has 1 saturated carbocycles. The van der Waals surface area contributed by atoms with Crippen LogP contribution in [0.25, 0.3) is 16.9 Å². The largest absolute Gasteiger partial charge is 0.387 e. The second-order valence-electron chi connectivity index (χ2n) is 9.32. The number of alkyl halides is 2. The van der Waals surface area contributed by atoms with Crippen LogP contribution in [0.5, 0.6) is 0 Å². The third-order valence-electron chi connectivity index (χ3n) is 6.11. The number of aliphatic hydroxyl groups is 1. The Morgan fingerprint density at radius 3 is 2.69 bits per heavy atom. The summed E-state index contributed by atoms with van der Waals surface area (Å²) in [6.07, 6.45) is 3.96. The van der Waals surface area contributed by atoms with Crippen LogP contribution in [0.2, 0.25) is 0 Å². The maximum absolute atomic E-state index is 14.2. The zero-order valence-corrected chi connectivity index (χ0v) is 19.5. The number of nitrogens with one attached hydrogen (secondary N) is 2. The highest BCUT2D eigenvalue weighted by Gasteiger charge is 2.28. The molecular weight excluding hydrogens is 456 g/mol. The van der Waals surface area contributed by atoms with Gasteiger partial charge in [0.05, 0.1) is 35.2 Å². The van der Waals surface area contributed by atoms with Crippen molar-refractivity contribution in [2.45, 2.75) is 63.5 Å². The first kappa shape index (κ1) is 24.5. The topological polar surface area (TPSA) is 129 Å². The third-order valence-corrected chi connectivity index (χ3v) is 6.11. The molecular formula is C24H27F2N7O2. The quantitative estimate of drug-likeness (QED) is 0.471. The Bertz CT molecular complexity index is 1260. The number of aromatic nitrogens is 4. The summed E-state index contributed by atoms with van der Waals surface area (Å²) >= 11 is 0. The smallest absolute Gasteiger partial charge is 0.255 e. The van der Waals surface area contributed by atoms with E-state index in [0.29, 0.717) is 53.8 Å². The van der Waals surface area contributed by atoms with Crippen molar-refractivity contribution in [3.05, 3.63) is 41.9 Å². The van der Waals surface area contributed by atoms with Gasteiger partial charge >= 0.3 is 0 Å². The number of pyridine rings is 2. The molecule has 1 amide bonds. The van der Waals surface area contributed by atoms with E-state index >= 15 is 0 Å². The van der Waals surface area contributed by atoms with Crippen LogP contribution >= 0.6 is 0 Å². The SMILES string of the molecule is CC(C)(O)C(F)CNC(=O)c1cnc(-n2ncc3cc(C#N)cnc32)cc1NC1CCC(F)CC1. The normalized spacial score (nSPS) is 19.2. The van der Waals surface area contributed by atoms with E-state index in [4.69, 9.17) is 5.26 Å². The van der Waals surface area contributed by atoms with Gasteiger partial charge in [-0.2, -0.15) is 15.0 Å². The van der Waals surface area contributed by atoms with Gasteiger partial charge in [0.2, 0.25) is 0 Å². The van der Waals surface area contributed by atoms with Crippen LogP contribution in [-0.2, 0) is 0 Å². The number of carbonyl (C=O) groups is 1. The summed E-state index contributed by atoms with van der Waals surface area (Å²) in [7, 11) is 0. The van der Waals surface area contributed by atoms with Crippen LogP contribution < -0.4 is 10.6 Å². The van der Waals surface area contributed by atoms with Crippen molar-refractivity contribution in [3.63, 3.8) is 0 Å². The molecule has 9 nitrogen and oxygen atoms in total. The van der Waals surface area contributed by atoms with Gasteiger partial charge in [0, 0.05) is 29.9 Å². The predicted molar refractivity (Wildman–Crippen MR) is 126 cm³/mol. The fourth-order valence-electron chi connectivity index (χ4n) is 3.95. The lowest BCUT2D eigenvalue weighted by molar-refractivity contribution is -0.00177. The van der Waals surface area contributed by atoms with E-state index in [9.17, 15) is 18.7 Å². The molecule has 1 unspecified atom stereocenters. The number of carbonyl (C=O) groups excluding carboxylic acids is 1. The Morgan fingerprint density at radius 2 is 2.00 bits per heavy atom. The number of halogens is 2. The van der Waals surface area contributed by atoms with Crippen molar-refractivity contribution in [2.24, 2.45) is 0 Å². The number of hydrogen-bond acceptors (Lipinski definition) is 7. The summed E-state index contributed by atoms with van der Waals surface area (Å²) < 4.78 is 29.3. The molecule has 1 fully saturated rings. The molecule has 0 radical (unpaired) electrons. The first-order valence-electron chi connectivity index (χ1n) is 11.4. The molecule has 35 heavy (non-hydrogen) atoms. The van der Waals surface area contributed by atoms with Gasteiger partial charge < -0.3 is 15.7 Å². The minimum absolute atomic E-state index is 0.0419. The number of nitrogens with zero attached hydrogens (tertiary/aromatic N) is 5. The van der Waals surface area contributed by atoms with Gasteiger partial charge in [-0.15, -0.1) is 0 Å². The van der Waals surface area contributed by atoms with Gasteiger partial charge in [0.25, 0.3) is 5.91 Å². The van der Waals surface area contributed by atoms with Crippen molar-refractivity contribution in [3.8, 4) is 11.9 Å². The van der Waals surface area contributed by atoms with Gasteiger partial charge in [-0.3, -0.25) is 4.79 Å². The highest BCUT2D eigenvalue weighted by molar-refractivity contribution is 5.99. The number of rotatable bonds is 7. The zero-order chi connectivity index (χ0) is 25.2. The Kier molecular flexibility index (Phi) is 6.93. The zero-order valence-electron chi connectivity index (χ0n) is 19.5. The lowest BCUT2D eigenvalue weighted by Crippen LogP contribution is -2.42. The van der Waals surface area contributed by atoms with E-state index in [1.807, 2.05) is 6.07 Å². The van der Waals surface area contributed by atoms with Gasteiger partial charge in [-0.1, -0.05) is 0 Å². The molecule has 0 bridgehead atoms. The maximum atomic E-state index is 14.2. The number of fused-ring (bicyclic) bond motifs is 1. The Hall–Kier alpha value is -3.65. The van der Waals surface area contributed by atoms with E-state index in [1.165, 1.54) is 30.9 Å². The summed E-state index contributed by atoms with van der Waals surface area (Å²) in [6.45, 7) is 2.29. The van der Waals surface area contributed by atoms with Crippen molar-refractivity contribution < 1.29 is 18.7 Å². The van der Waals surface area contributed by atoms with Crippen molar-refractivity contribution >= 4 is 22.6 Å². The monoisotopic (exact) mass is 483 g/mol. The lowest BCUT2D eigenvalue weighted by Gasteiger charge is -2.27. The van der Waals surface area contributed by atoms with E-state index in [-0.39, 0.29) is 18.2 Å². The molecule has 3 N–H and O–H groups in total. The standard InChI is InChI=1S/C24H27F2N7O2/c1-24(2,35)20(26)13-30-23(34)18-12-28-21(8-19(18)32-17-5-3-16(25)4-6-17)33-22-15(11-31-33)7-14(9-27)10-29-22/h7-8,10-12,16-17,20,35H,3-6,13H2,1-2H3,(H,28,32)(H,30,34). The number of amides is 1. The molecule has 1 atom stereocenters. The third kappa shape index (κ3) is 5.54. The fraction of sp³-hybridized carbons (Fsp3) is 0.458. The molecule has 0 aromatic carbocycles. The molecule has 1 aliphatic rings. The summed E-state index contributed by atoms with van der Waals surface area (Å²) in [5.41, 5.74) is -0.0646. The predicted octanol–water partition coefficient (Wildman–Crippen LogP) is 3.22. The molecule has 0 saturated heterocycles. The summed E-state index contributed by atoms with van der Waals surface area (Å²) in [6, 6.07) is 5.30. The summed E-state index contributed by atoms with van der Waals surface area (Å²) in [5, 5.41) is 29.7. The first-order chi connectivity index (χ1) is 16.7. The molecule has 3 aromatic rings. The van der Waals surface area contributed by atoms with E-state index in [0.717, 1.165) is 0 Å². The molecule has 11 heteroatoms. The van der Waals surface area contributed by atoms with Gasteiger partial charge in [-0.05, 0) is 45.6 Å². The molecule has 4 rings (SSSR count). The Labute approximate surface area is 201 Å². The minimum Gasteiger partial charge on any atom is -0.387 e. The van der Waals surface area contributed by atoms with Gasteiger partial charge in [0.15, 0.2) is 11.5 Å². The Balaban J connectivity index is 1.65. The number of hydrogen-bond donors (Lipinski definition) is 3. The van der Waals surface area contributed by atoms with Crippen LogP contribution in [0.3, 0.4) is 0 Å². The molecule has 3 heterocycles. The second-order valence-corrected chi connectivity index (χ2v) is 9.32. The van der Waals surface area contributed by atoms with Gasteiger partial charge in [0.1, 0.15) is 18.4 Å². The van der Waals surface area contributed by atoms with Crippen LogP contribution in [0.15, 0.2) is 30.7 Å². The lowest BCUT2D eigenvalue weighted by atomic mass is 9.93. The number of nitriles is 1. The van der Waals surface area contributed by atoms with Crippen molar-refractivity contribution in [1.29, 1.82) is 5.26 Å². The van der Waals surface area contributed by atoms with Crippen molar-refractivity contribution in [1.82, 2.24) is 25.1 Å². The van der Waals surface area contributed by atoms with E-state index in [1.54, 1.807) is 18.3 Å². The summed E-state index contributed by atoms with van der Waals surface area (Å²) in [5.74, 6) is -0.171. The average Bonchev–Trinajstić information content (AvgIpc) is 3.26. The fourth-order valence-corrected chi connectivity index (χ4v) is 3.95. The Morgan fingerprint density at radius 1 is 1.26 bits per heavy atom. The second kappa shape index (κ2) is 9.92. The molecule has 0 aliphatic heterocycles. The minimum atomic E-state index is -1.66. The van der Waals surface area contributed by atoms with E-state index < -0.39 is 23.9 Å².